The molecule has 3 aromatic carbocycles. The summed E-state index contributed by atoms with van der Waals surface area (Å²) in [6.45, 7) is 15.4. The molecule has 0 aliphatic carbocycles. The molecular formula is C73H106N14O12. The number of H-pyrrole nitrogens is 2. The third-order valence-corrected chi connectivity index (χ3v) is 17.0. The Morgan fingerprint density at radius 3 is 1.79 bits per heavy atom. The zero-order valence-electron chi connectivity index (χ0n) is 58.5. The van der Waals surface area contributed by atoms with Gasteiger partial charge >= 0.3 is 0 Å². The van der Waals surface area contributed by atoms with Crippen molar-refractivity contribution in [1.29, 1.82) is 0 Å². The van der Waals surface area contributed by atoms with Gasteiger partial charge in [0.2, 0.25) is 41.4 Å². The Morgan fingerprint density at radius 1 is 0.556 bits per heavy atom. The first kappa shape index (κ1) is 80.9. The number of hydrogen-bond acceptors (Lipinski definition) is 17. The molecule has 0 saturated heterocycles. The van der Waals surface area contributed by atoms with Crippen molar-refractivity contribution in [3.05, 3.63) is 120 Å². The van der Waals surface area contributed by atoms with Gasteiger partial charge in [0.25, 0.3) is 0 Å². The zero-order chi connectivity index (χ0) is 72.4. The number of Topliss-reactive ketones (excluding diaryl/α,β-unsaturated/α-hetero) is 4. The number of anilines is 1. The normalized spacial score (nSPS) is 13.4. The van der Waals surface area contributed by atoms with Gasteiger partial charge in [-0.25, -0.2) is 4.98 Å². The minimum atomic E-state index is -1.28. The lowest BCUT2D eigenvalue weighted by atomic mass is 9.84. The van der Waals surface area contributed by atoms with Gasteiger partial charge in [-0.1, -0.05) is 109 Å². The van der Waals surface area contributed by atoms with Gasteiger partial charge in [0.1, 0.15) is 13.2 Å². The third-order valence-electron chi connectivity index (χ3n) is 17.0. The number of nitrogens with zero attached hydrogens (tertiary/aromatic N) is 1. The molecule has 0 aliphatic heterocycles. The number of para-hydroxylation sites is 1. The summed E-state index contributed by atoms with van der Waals surface area (Å²) < 4.78 is 5.49. The van der Waals surface area contributed by atoms with E-state index in [0.717, 1.165) is 29.3 Å². The molecule has 0 saturated carbocycles. The second-order valence-electron chi connectivity index (χ2n) is 26.9. The largest absolute Gasteiger partial charge is 0.370 e. The summed E-state index contributed by atoms with van der Waals surface area (Å²) in [7, 11) is 0. The molecule has 0 spiro atoms. The molecule has 540 valence electrons. The van der Waals surface area contributed by atoms with Crippen LogP contribution in [-0.4, -0.2) is 156 Å². The van der Waals surface area contributed by atoms with E-state index in [9.17, 15) is 52.7 Å². The monoisotopic (exact) mass is 1370 g/mol. The quantitative estimate of drug-likeness (QED) is 0.0245. The van der Waals surface area contributed by atoms with Crippen LogP contribution in [0.15, 0.2) is 97.6 Å². The van der Waals surface area contributed by atoms with Crippen molar-refractivity contribution in [2.45, 2.75) is 156 Å². The molecule has 5 rings (SSSR count). The van der Waals surface area contributed by atoms with Crippen molar-refractivity contribution in [3.63, 3.8) is 0 Å². The van der Waals surface area contributed by atoms with Crippen LogP contribution in [0.2, 0.25) is 0 Å². The fraction of sp³-hybridized carbons (Fsp3) is 0.534. The highest BCUT2D eigenvalue weighted by Gasteiger charge is 2.35. The van der Waals surface area contributed by atoms with E-state index in [0.29, 0.717) is 73.6 Å². The first-order valence-electron chi connectivity index (χ1n) is 34.5. The van der Waals surface area contributed by atoms with Crippen LogP contribution in [0.3, 0.4) is 0 Å². The van der Waals surface area contributed by atoms with Gasteiger partial charge in [-0.05, 0) is 84.2 Å². The Bertz CT molecular complexity index is 3370. The lowest BCUT2D eigenvalue weighted by Gasteiger charge is -2.26. The van der Waals surface area contributed by atoms with E-state index < -0.39 is 121 Å². The number of nitrogens with two attached hydrogens (primary N) is 3. The third kappa shape index (κ3) is 29.7. The molecule has 2 aromatic heterocycles. The van der Waals surface area contributed by atoms with Gasteiger partial charge in [0, 0.05) is 144 Å². The number of carbonyl (C=O) groups is 11. The standard InChI is InChI=1S/C73H106N14O12/c1-45(2)29-51(30-46(3)4)33-64(90)61(36-56-41-79-44-82-56)84-67(93)24-22-62(88)70(47(5)6)87-71(96)48(7)31-63(89)60(34-53-40-80-58-16-12-11-15-57(53)58)86-73(98)52(19-23-66(76)92)35-65(91)59(32-49-13-9-8-10-14-49)85-69(95)43-99-42-68(94)83-55-20-17-50(18-21-55)37-81-72(97)54(38-77-27-25-74)39-78-28-26-75/h8-18,20-21,40-41,44-48,51-52,54,59-61,70,77-78,80H,19,22-39,42-43,74-75H2,1-7H3,(H2,76,92)(H,79,82)(H,81,97)(H,83,94)(H,84,93)(H,85,95)(H,86,98)(H,87,96)/t48-,52-,59-,60+,61+,70?/m1/s1. The number of aromatic nitrogens is 3. The molecule has 1 unspecified atom stereocenters. The number of imidazole rings is 1. The molecule has 26 nitrogen and oxygen atoms in total. The van der Waals surface area contributed by atoms with Crippen molar-refractivity contribution >= 4 is 81.1 Å². The summed E-state index contributed by atoms with van der Waals surface area (Å²) in [4.78, 5) is 162. The zero-order valence-corrected chi connectivity index (χ0v) is 58.5. The van der Waals surface area contributed by atoms with Gasteiger partial charge in [-0.15, -0.1) is 0 Å². The minimum Gasteiger partial charge on any atom is -0.370 e. The van der Waals surface area contributed by atoms with E-state index >= 15 is 0 Å². The fourth-order valence-electron chi connectivity index (χ4n) is 11.9. The van der Waals surface area contributed by atoms with E-state index in [1.54, 1.807) is 80.8 Å². The highest BCUT2D eigenvalue weighted by atomic mass is 16.5. The molecule has 0 aliphatic rings. The minimum absolute atomic E-state index is 0.0116. The number of benzene rings is 3. The molecular weight excluding hydrogens is 1260 g/mol. The molecule has 0 fully saturated rings. The SMILES string of the molecule is CC(C)CC(CC(=O)[C@H](Cc1cnc[nH]1)NC(=O)CCC(=O)C(NC(=O)[C@H](C)CC(=O)[C@H](Cc1c[nH]c2ccccc12)NC(=O)[C@H](CCC(N)=O)CC(=O)[C@@H](Cc1ccccc1)NC(=O)COCC(=O)Nc1ccc(CNC(=O)C(CNCCN)CNCCN)cc1)C(C)C)CC(C)C. The Morgan fingerprint density at radius 2 is 1.16 bits per heavy atom. The van der Waals surface area contributed by atoms with Crippen LogP contribution >= 0.6 is 0 Å². The molecule has 99 heavy (non-hydrogen) atoms. The number of ketones is 4. The van der Waals surface area contributed by atoms with Crippen LogP contribution in [0, 0.1) is 41.4 Å². The molecule has 16 N–H and O–H groups in total. The summed E-state index contributed by atoms with van der Waals surface area (Å²) in [5, 5.41) is 24.0. The van der Waals surface area contributed by atoms with Crippen LogP contribution < -0.4 is 59.7 Å². The van der Waals surface area contributed by atoms with Crippen LogP contribution in [0.1, 0.15) is 129 Å². The number of aromatic amines is 2. The average molecular weight is 1370 g/mol. The number of ether oxygens (including phenoxy) is 1. The lowest BCUT2D eigenvalue weighted by Crippen LogP contribution is -2.49. The number of nitrogens with one attached hydrogen (secondary N) is 10. The summed E-state index contributed by atoms with van der Waals surface area (Å²) in [6.07, 6.45) is 4.99. The number of primary amides is 1. The first-order valence-corrected chi connectivity index (χ1v) is 34.5. The number of carbonyl (C=O) groups excluding carboxylic acids is 11. The van der Waals surface area contributed by atoms with Crippen LogP contribution in [0.25, 0.3) is 10.9 Å². The summed E-state index contributed by atoms with van der Waals surface area (Å²) in [5.74, 6) is -8.01. The molecule has 7 amide bonds. The van der Waals surface area contributed by atoms with Gasteiger partial charge < -0.3 is 74.4 Å². The predicted molar refractivity (Wildman–Crippen MR) is 379 cm³/mol. The second-order valence-corrected chi connectivity index (χ2v) is 26.9. The molecule has 0 bridgehead atoms. The smallest absolute Gasteiger partial charge is 0.250 e. The van der Waals surface area contributed by atoms with Crippen LogP contribution in [-0.2, 0) is 83.3 Å². The Labute approximate surface area is 580 Å². The predicted octanol–water partition coefficient (Wildman–Crippen LogP) is 3.95. The van der Waals surface area contributed by atoms with Crippen LogP contribution in [0.4, 0.5) is 5.69 Å². The Balaban J connectivity index is 1.23. The summed E-state index contributed by atoms with van der Waals surface area (Å²) in [5.41, 5.74) is 20.8. The van der Waals surface area contributed by atoms with E-state index in [1.165, 1.54) is 13.3 Å². The highest BCUT2D eigenvalue weighted by Crippen LogP contribution is 2.26. The summed E-state index contributed by atoms with van der Waals surface area (Å²) >= 11 is 0. The molecule has 0 radical (unpaired) electrons. The highest BCUT2D eigenvalue weighted by molar-refractivity contribution is 5.98. The number of hydrogen-bond donors (Lipinski definition) is 13. The average Bonchev–Trinajstić information content (AvgIpc) is 1.78. The maximum Gasteiger partial charge on any atom is 0.250 e. The van der Waals surface area contributed by atoms with Gasteiger partial charge in [0.05, 0.1) is 36.4 Å². The van der Waals surface area contributed by atoms with Crippen molar-refractivity contribution in [3.8, 4) is 0 Å². The lowest BCUT2D eigenvalue weighted by molar-refractivity contribution is -0.136. The van der Waals surface area contributed by atoms with E-state index in [4.69, 9.17) is 21.9 Å². The van der Waals surface area contributed by atoms with Crippen LogP contribution in [0.5, 0.6) is 0 Å². The Hall–Kier alpha value is -8.82. The molecule has 6 atom stereocenters. The first-order chi connectivity index (χ1) is 47.3. The van der Waals surface area contributed by atoms with Crippen molar-refractivity contribution < 1.29 is 57.5 Å². The van der Waals surface area contributed by atoms with Gasteiger partial charge in [-0.3, -0.25) is 52.7 Å². The van der Waals surface area contributed by atoms with Crippen molar-refractivity contribution in [2.75, 3.05) is 57.8 Å². The van der Waals surface area contributed by atoms with E-state index in [1.807, 2.05) is 24.3 Å². The number of fused-ring (bicyclic) bond motifs is 1. The topological polar surface area (TPSA) is 416 Å². The van der Waals surface area contributed by atoms with E-state index in [2.05, 4.69) is 85.2 Å². The maximum atomic E-state index is 14.7. The van der Waals surface area contributed by atoms with Gasteiger partial charge in [0.15, 0.2) is 23.1 Å². The van der Waals surface area contributed by atoms with E-state index in [-0.39, 0.29) is 81.4 Å². The number of amides is 7. The van der Waals surface area contributed by atoms with Gasteiger partial charge in [-0.2, -0.15) is 0 Å². The van der Waals surface area contributed by atoms with Crippen molar-refractivity contribution in [2.24, 2.45) is 58.6 Å². The molecule has 5 aromatic rings. The summed E-state index contributed by atoms with van der Waals surface area (Å²) in [6, 6.07) is 18.5. The maximum absolute atomic E-state index is 14.7. The Kier molecular flexibility index (Phi) is 35.0. The number of rotatable bonds is 49. The second kappa shape index (κ2) is 42.9. The fourth-order valence-corrected chi connectivity index (χ4v) is 11.9. The molecule has 26 heteroatoms. The molecule has 2 heterocycles. The van der Waals surface area contributed by atoms with Crippen molar-refractivity contribution in [1.82, 2.24) is 52.2 Å².